The molecule has 0 aromatic heterocycles. The van der Waals surface area contributed by atoms with Crippen molar-refractivity contribution in [1.82, 2.24) is 5.32 Å². The number of nitrogens with one attached hydrogen (secondary N) is 1. The van der Waals surface area contributed by atoms with Gasteiger partial charge < -0.3 is 15.8 Å². The normalized spacial score (nSPS) is 17.9. The fourth-order valence-electron chi connectivity index (χ4n) is 3.14. The van der Waals surface area contributed by atoms with Crippen molar-refractivity contribution in [1.29, 1.82) is 0 Å². The third kappa shape index (κ3) is 5.73. The number of carbonyl (C=O) groups is 1. The van der Waals surface area contributed by atoms with E-state index in [4.69, 9.17) is 10.5 Å². The van der Waals surface area contributed by atoms with E-state index >= 15 is 0 Å². The van der Waals surface area contributed by atoms with E-state index in [9.17, 15) is 4.79 Å². The van der Waals surface area contributed by atoms with Gasteiger partial charge in [0.15, 0.2) is 0 Å². The van der Waals surface area contributed by atoms with Gasteiger partial charge in [-0.3, -0.25) is 4.79 Å². The predicted molar refractivity (Wildman–Crippen MR) is 104 cm³/mol. The molecule has 0 aliphatic carbocycles. The Morgan fingerprint density at radius 3 is 2.42 bits per heavy atom. The Hall–Kier alpha value is -0.620. The van der Waals surface area contributed by atoms with Crippen LogP contribution in [-0.4, -0.2) is 31.7 Å². The minimum atomic E-state index is -0.434. The van der Waals surface area contributed by atoms with E-state index < -0.39 is 6.04 Å². The lowest BCUT2D eigenvalue weighted by Crippen LogP contribution is -2.49. The molecule has 136 valence electrons. The van der Waals surface area contributed by atoms with E-state index in [2.05, 4.69) is 59.4 Å². The molecule has 0 saturated carbocycles. The minimum Gasteiger partial charge on any atom is -0.381 e. The smallest absolute Gasteiger partial charge is 0.236 e. The standard InChI is InChI=1S/C18H27BrN2O2.ClH/c1-13(2)11-16(20)17(22)21-12-18(7-9-23-10-8-18)14-3-5-15(19)6-4-14;/h3-6,13,16H,7-12,20H2,1-2H3,(H,21,22);1H/t16-;/m0./s1. The molecular weight excluding hydrogens is 392 g/mol. The molecule has 4 nitrogen and oxygen atoms in total. The summed E-state index contributed by atoms with van der Waals surface area (Å²) in [6.07, 6.45) is 2.53. The number of amides is 1. The van der Waals surface area contributed by atoms with E-state index in [0.29, 0.717) is 18.9 Å². The molecular formula is C18H28BrClN2O2. The van der Waals surface area contributed by atoms with E-state index in [-0.39, 0.29) is 23.7 Å². The maximum atomic E-state index is 12.3. The van der Waals surface area contributed by atoms with Crippen LogP contribution < -0.4 is 11.1 Å². The molecule has 24 heavy (non-hydrogen) atoms. The summed E-state index contributed by atoms with van der Waals surface area (Å²) < 4.78 is 6.59. The zero-order valence-electron chi connectivity index (χ0n) is 14.4. The minimum absolute atomic E-state index is 0. The van der Waals surface area contributed by atoms with Gasteiger partial charge in [0.2, 0.25) is 5.91 Å². The number of rotatable bonds is 6. The highest BCUT2D eigenvalue weighted by Gasteiger charge is 2.35. The fraction of sp³-hybridized carbons (Fsp3) is 0.611. The molecule has 2 rings (SSSR count). The van der Waals surface area contributed by atoms with E-state index in [1.54, 1.807) is 0 Å². The number of halogens is 2. The second-order valence-electron chi connectivity index (χ2n) is 6.85. The summed E-state index contributed by atoms with van der Waals surface area (Å²) in [5, 5.41) is 3.08. The maximum absolute atomic E-state index is 12.3. The molecule has 6 heteroatoms. The highest BCUT2D eigenvalue weighted by atomic mass is 79.9. The monoisotopic (exact) mass is 418 g/mol. The van der Waals surface area contributed by atoms with Crippen molar-refractivity contribution in [3.05, 3.63) is 34.3 Å². The first-order valence-corrected chi connectivity index (χ1v) is 9.09. The van der Waals surface area contributed by atoms with Gasteiger partial charge in [-0.05, 0) is 42.9 Å². The Morgan fingerprint density at radius 2 is 1.88 bits per heavy atom. The van der Waals surface area contributed by atoms with Gasteiger partial charge in [0.25, 0.3) is 0 Å². The number of ether oxygens (including phenoxy) is 1. The van der Waals surface area contributed by atoms with Crippen molar-refractivity contribution in [3.63, 3.8) is 0 Å². The molecule has 1 heterocycles. The molecule has 0 spiro atoms. The Bertz CT molecular complexity index is 516. The van der Waals surface area contributed by atoms with Crippen molar-refractivity contribution in [3.8, 4) is 0 Å². The van der Waals surface area contributed by atoms with Crippen LogP contribution in [0.1, 0.15) is 38.7 Å². The summed E-state index contributed by atoms with van der Waals surface area (Å²) in [4.78, 5) is 12.3. The van der Waals surface area contributed by atoms with Crippen LogP contribution in [0.4, 0.5) is 0 Å². The first-order chi connectivity index (χ1) is 10.9. The number of hydrogen-bond acceptors (Lipinski definition) is 3. The van der Waals surface area contributed by atoms with Crippen LogP contribution in [0.15, 0.2) is 28.7 Å². The largest absolute Gasteiger partial charge is 0.381 e. The van der Waals surface area contributed by atoms with Crippen LogP contribution in [0.5, 0.6) is 0 Å². The van der Waals surface area contributed by atoms with Crippen molar-refractivity contribution in [2.24, 2.45) is 11.7 Å². The molecule has 1 amide bonds. The summed E-state index contributed by atoms with van der Waals surface area (Å²) in [5.74, 6) is 0.362. The van der Waals surface area contributed by atoms with Crippen LogP contribution >= 0.6 is 28.3 Å². The van der Waals surface area contributed by atoms with Crippen molar-refractivity contribution < 1.29 is 9.53 Å². The number of benzene rings is 1. The average Bonchev–Trinajstić information content (AvgIpc) is 2.53. The Balaban J connectivity index is 0.00000288. The van der Waals surface area contributed by atoms with Gasteiger partial charge in [0, 0.05) is 29.6 Å². The summed E-state index contributed by atoms with van der Waals surface area (Å²) in [6.45, 7) is 6.22. The van der Waals surface area contributed by atoms with Crippen molar-refractivity contribution in [2.75, 3.05) is 19.8 Å². The second kappa shape index (κ2) is 9.76. The Labute approximate surface area is 159 Å². The molecule has 1 saturated heterocycles. The molecule has 1 aliphatic rings. The second-order valence-corrected chi connectivity index (χ2v) is 7.77. The van der Waals surface area contributed by atoms with Crippen LogP contribution in [0.3, 0.4) is 0 Å². The quantitative estimate of drug-likeness (QED) is 0.742. The van der Waals surface area contributed by atoms with Crippen LogP contribution in [0.2, 0.25) is 0 Å². The van der Waals surface area contributed by atoms with Gasteiger partial charge in [-0.1, -0.05) is 41.9 Å². The van der Waals surface area contributed by atoms with Gasteiger partial charge in [0.05, 0.1) is 6.04 Å². The van der Waals surface area contributed by atoms with Crippen molar-refractivity contribution in [2.45, 2.75) is 44.6 Å². The number of hydrogen-bond donors (Lipinski definition) is 2. The Kier molecular flexibility index (Phi) is 8.71. The Morgan fingerprint density at radius 1 is 1.29 bits per heavy atom. The molecule has 0 unspecified atom stereocenters. The topological polar surface area (TPSA) is 64.4 Å². The van der Waals surface area contributed by atoms with Crippen LogP contribution in [-0.2, 0) is 14.9 Å². The van der Waals surface area contributed by atoms with Crippen LogP contribution in [0, 0.1) is 5.92 Å². The fourth-order valence-corrected chi connectivity index (χ4v) is 3.40. The number of nitrogens with two attached hydrogens (primary N) is 1. The highest BCUT2D eigenvalue weighted by Crippen LogP contribution is 2.35. The molecule has 1 atom stereocenters. The summed E-state index contributed by atoms with van der Waals surface area (Å²) in [6, 6.07) is 7.94. The van der Waals surface area contributed by atoms with Gasteiger partial charge in [-0.25, -0.2) is 0 Å². The van der Waals surface area contributed by atoms with Crippen molar-refractivity contribution >= 4 is 34.2 Å². The van der Waals surface area contributed by atoms with E-state index in [1.807, 2.05) is 0 Å². The van der Waals surface area contributed by atoms with Crippen LogP contribution in [0.25, 0.3) is 0 Å². The van der Waals surface area contributed by atoms with Gasteiger partial charge in [-0.2, -0.15) is 0 Å². The molecule has 1 fully saturated rings. The molecule has 0 radical (unpaired) electrons. The number of carbonyl (C=O) groups excluding carboxylic acids is 1. The molecule has 0 bridgehead atoms. The lowest BCUT2D eigenvalue weighted by Gasteiger charge is -2.38. The predicted octanol–water partition coefficient (Wildman–Crippen LogP) is 3.41. The SMILES string of the molecule is CC(C)C[C@H](N)C(=O)NCC1(c2ccc(Br)cc2)CCOCC1.Cl. The lowest BCUT2D eigenvalue weighted by molar-refractivity contribution is -0.123. The highest BCUT2D eigenvalue weighted by molar-refractivity contribution is 9.10. The van der Waals surface area contributed by atoms with Gasteiger partial charge in [0.1, 0.15) is 0 Å². The summed E-state index contributed by atoms with van der Waals surface area (Å²) >= 11 is 3.48. The van der Waals surface area contributed by atoms with E-state index in [0.717, 1.165) is 30.5 Å². The molecule has 1 aliphatic heterocycles. The molecule has 1 aromatic rings. The third-order valence-electron chi connectivity index (χ3n) is 4.57. The zero-order valence-corrected chi connectivity index (χ0v) is 16.8. The first kappa shape index (κ1) is 21.4. The van der Waals surface area contributed by atoms with E-state index in [1.165, 1.54) is 5.56 Å². The first-order valence-electron chi connectivity index (χ1n) is 8.30. The van der Waals surface area contributed by atoms with Gasteiger partial charge in [-0.15, -0.1) is 12.4 Å². The maximum Gasteiger partial charge on any atom is 0.236 e. The summed E-state index contributed by atoms with van der Waals surface area (Å²) in [5.41, 5.74) is 7.18. The molecule has 3 N–H and O–H groups in total. The average molecular weight is 420 g/mol. The molecule has 1 aromatic carbocycles. The lowest BCUT2D eigenvalue weighted by atomic mass is 9.74. The van der Waals surface area contributed by atoms with Gasteiger partial charge >= 0.3 is 0 Å². The zero-order chi connectivity index (χ0) is 16.9. The summed E-state index contributed by atoms with van der Waals surface area (Å²) in [7, 11) is 0. The third-order valence-corrected chi connectivity index (χ3v) is 5.10.